The molecule has 1 N–H and O–H groups in total. The van der Waals surface area contributed by atoms with E-state index in [1.807, 2.05) is 0 Å². The Balaban J connectivity index is 1.90. The van der Waals surface area contributed by atoms with Gasteiger partial charge in [-0.1, -0.05) is 55.5 Å². The average molecular weight is 318 g/mol. The van der Waals surface area contributed by atoms with Crippen LogP contribution in [-0.2, 0) is 9.53 Å². The number of ether oxygens (including phenoxy) is 1. The first-order chi connectivity index (χ1) is 11.2. The molecule has 0 aliphatic carbocycles. The lowest BCUT2D eigenvalue weighted by Crippen LogP contribution is -1.92. The van der Waals surface area contributed by atoms with Gasteiger partial charge in [0.25, 0.3) is 0 Å². The monoisotopic (exact) mass is 318 g/mol. The Morgan fingerprint density at radius 2 is 1.48 bits per heavy atom. The number of hydrogen-bond acceptors (Lipinski definition) is 2. The third-order valence-corrected chi connectivity index (χ3v) is 3.70. The normalized spacial score (nSPS) is 21.3. The zero-order chi connectivity index (χ0) is 16.8. The van der Waals surface area contributed by atoms with Gasteiger partial charge in [-0.3, -0.25) is 4.79 Å². The maximum atomic E-state index is 10.3. The molecule has 0 spiro atoms. The van der Waals surface area contributed by atoms with Gasteiger partial charge in [-0.25, -0.2) is 0 Å². The van der Waals surface area contributed by atoms with Crippen LogP contribution in [0.4, 0.5) is 0 Å². The summed E-state index contributed by atoms with van der Waals surface area (Å²) in [6.45, 7) is 2.17. The van der Waals surface area contributed by atoms with Gasteiger partial charge >= 0.3 is 5.97 Å². The molecule has 0 saturated carbocycles. The van der Waals surface area contributed by atoms with Crippen LogP contribution in [0.25, 0.3) is 0 Å². The van der Waals surface area contributed by atoms with E-state index in [1.54, 1.807) is 0 Å². The van der Waals surface area contributed by atoms with Crippen LogP contribution in [0.2, 0.25) is 0 Å². The van der Waals surface area contributed by atoms with Gasteiger partial charge in [-0.05, 0) is 44.9 Å². The molecule has 0 amide bonds. The van der Waals surface area contributed by atoms with Crippen LogP contribution in [0.15, 0.2) is 48.6 Å². The highest BCUT2D eigenvalue weighted by Crippen LogP contribution is 2.28. The molecule has 0 aromatic rings. The molecule has 1 saturated heterocycles. The molecule has 1 heterocycles. The molecule has 2 atom stereocenters. The van der Waals surface area contributed by atoms with Crippen LogP contribution in [0, 0.1) is 0 Å². The van der Waals surface area contributed by atoms with Crippen molar-refractivity contribution in [3.8, 4) is 0 Å². The topological polar surface area (TPSA) is 49.8 Å². The Kier molecular flexibility index (Phi) is 10.9. The third kappa shape index (κ3) is 11.6. The average Bonchev–Trinajstić information content (AvgIpc) is 3.29. The van der Waals surface area contributed by atoms with Gasteiger partial charge in [0.05, 0.1) is 12.2 Å². The first kappa shape index (κ1) is 19.4. The predicted octanol–water partition coefficient (Wildman–Crippen LogP) is 5.20. The smallest absolute Gasteiger partial charge is 0.303 e. The number of carbonyl (C=O) groups is 1. The van der Waals surface area contributed by atoms with Crippen molar-refractivity contribution in [2.75, 3.05) is 0 Å². The van der Waals surface area contributed by atoms with E-state index in [2.05, 4.69) is 55.5 Å². The molecule has 1 fully saturated rings. The summed E-state index contributed by atoms with van der Waals surface area (Å²) in [7, 11) is 0. The summed E-state index contributed by atoms with van der Waals surface area (Å²) in [5.41, 5.74) is 0. The molecule has 23 heavy (non-hydrogen) atoms. The Hall–Kier alpha value is -1.61. The number of allylic oxidation sites excluding steroid dienone is 7. The summed E-state index contributed by atoms with van der Waals surface area (Å²) < 4.78 is 5.48. The number of unbranched alkanes of at least 4 members (excludes halogenated alkanes) is 1. The number of carboxylic acid groups (broad SMARTS) is 1. The molecule has 1 aliphatic heterocycles. The fraction of sp³-hybridized carbons (Fsp3) is 0.550. The SMILES string of the molecule is CC[C@H]1O[C@H]1C/C=C\C/C=C\C/C=C\C/C=C\CCCC(=O)O. The van der Waals surface area contributed by atoms with E-state index in [4.69, 9.17) is 9.84 Å². The van der Waals surface area contributed by atoms with E-state index in [1.165, 1.54) is 0 Å². The summed E-state index contributed by atoms with van der Waals surface area (Å²) >= 11 is 0. The number of epoxide rings is 1. The van der Waals surface area contributed by atoms with E-state index < -0.39 is 5.97 Å². The van der Waals surface area contributed by atoms with Crippen molar-refractivity contribution in [2.45, 2.75) is 70.5 Å². The van der Waals surface area contributed by atoms with Crippen molar-refractivity contribution >= 4 is 5.97 Å². The van der Waals surface area contributed by atoms with Crippen LogP contribution in [0.3, 0.4) is 0 Å². The lowest BCUT2D eigenvalue weighted by Gasteiger charge is -1.90. The highest BCUT2D eigenvalue weighted by molar-refractivity contribution is 5.66. The number of aliphatic carboxylic acids is 1. The van der Waals surface area contributed by atoms with Crippen molar-refractivity contribution in [3.05, 3.63) is 48.6 Å². The molecule has 3 heteroatoms. The van der Waals surface area contributed by atoms with Gasteiger partial charge in [0.1, 0.15) is 0 Å². The minimum Gasteiger partial charge on any atom is -0.481 e. The molecule has 3 nitrogen and oxygen atoms in total. The molecule has 1 rings (SSSR count). The summed E-state index contributed by atoms with van der Waals surface area (Å²) in [4.78, 5) is 10.3. The van der Waals surface area contributed by atoms with Gasteiger partial charge in [0.2, 0.25) is 0 Å². The molecule has 0 aromatic carbocycles. The summed E-state index contributed by atoms with van der Waals surface area (Å²) in [5, 5.41) is 8.50. The van der Waals surface area contributed by atoms with E-state index in [9.17, 15) is 4.79 Å². The second-order valence-electron chi connectivity index (χ2n) is 5.74. The highest BCUT2D eigenvalue weighted by Gasteiger charge is 2.35. The zero-order valence-corrected chi connectivity index (χ0v) is 14.2. The first-order valence-corrected chi connectivity index (χ1v) is 8.71. The molecule has 1 aliphatic rings. The minimum absolute atomic E-state index is 0.256. The second-order valence-corrected chi connectivity index (χ2v) is 5.74. The Bertz CT molecular complexity index is 432. The van der Waals surface area contributed by atoms with Crippen LogP contribution in [0.5, 0.6) is 0 Å². The zero-order valence-electron chi connectivity index (χ0n) is 14.2. The second kappa shape index (κ2) is 12.9. The lowest BCUT2D eigenvalue weighted by molar-refractivity contribution is -0.137. The molecule has 0 radical (unpaired) electrons. The third-order valence-electron chi connectivity index (χ3n) is 3.70. The number of carboxylic acids is 1. The molecular weight excluding hydrogens is 288 g/mol. The quantitative estimate of drug-likeness (QED) is 0.288. The Labute approximate surface area is 140 Å². The van der Waals surface area contributed by atoms with Crippen LogP contribution < -0.4 is 0 Å². The molecular formula is C20H30O3. The number of rotatable bonds is 13. The molecule has 128 valence electrons. The summed E-state index contributed by atoms with van der Waals surface area (Å²) in [5.74, 6) is -0.717. The van der Waals surface area contributed by atoms with Crippen molar-refractivity contribution < 1.29 is 14.6 Å². The van der Waals surface area contributed by atoms with Crippen LogP contribution in [0.1, 0.15) is 58.3 Å². The van der Waals surface area contributed by atoms with Gasteiger partial charge in [-0.2, -0.15) is 0 Å². The van der Waals surface area contributed by atoms with Gasteiger partial charge in [0.15, 0.2) is 0 Å². The lowest BCUT2D eigenvalue weighted by atomic mass is 10.2. The molecule has 0 unspecified atom stereocenters. The van der Waals surface area contributed by atoms with Crippen molar-refractivity contribution in [1.82, 2.24) is 0 Å². The van der Waals surface area contributed by atoms with Crippen molar-refractivity contribution in [3.63, 3.8) is 0 Å². The maximum Gasteiger partial charge on any atom is 0.303 e. The molecule has 0 bridgehead atoms. The number of hydrogen-bond donors (Lipinski definition) is 1. The van der Waals surface area contributed by atoms with Gasteiger partial charge in [-0.15, -0.1) is 0 Å². The van der Waals surface area contributed by atoms with Crippen LogP contribution >= 0.6 is 0 Å². The fourth-order valence-corrected chi connectivity index (χ4v) is 2.28. The summed E-state index contributed by atoms with van der Waals surface area (Å²) in [6.07, 6.45) is 25.1. The van der Waals surface area contributed by atoms with Crippen LogP contribution in [-0.4, -0.2) is 23.3 Å². The standard InChI is InChI=1S/C20H30O3/c1-2-18-19(23-18)16-14-12-10-8-6-4-3-5-7-9-11-13-15-17-20(21)22/h3,5-6,8-9,11-12,14,18-19H,2,4,7,10,13,15-17H2,1H3,(H,21,22)/b5-3-,8-6-,11-9-,14-12-/t18-,19+/m1/s1. The maximum absolute atomic E-state index is 10.3. The van der Waals surface area contributed by atoms with Gasteiger partial charge in [0, 0.05) is 6.42 Å². The minimum atomic E-state index is -0.717. The molecule has 0 aromatic heterocycles. The van der Waals surface area contributed by atoms with E-state index in [0.717, 1.165) is 44.9 Å². The van der Waals surface area contributed by atoms with Crippen molar-refractivity contribution in [1.29, 1.82) is 0 Å². The summed E-state index contributed by atoms with van der Waals surface area (Å²) in [6, 6.07) is 0. The Morgan fingerprint density at radius 1 is 0.913 bits per heavy atom. The van der Waals surface area contributed by atoms with E-state index >= 15 is 0 Å². The van der Waals surface area contributed by atoms with E-state index in [-0.39, 0.29) is 6.42 Å². The van der Waals surface area contributed by atoms with Crippen molar-refractivity contribution in [2.24, 2.45) is 0 Å². The highest BCUT2D eigenvalue weighted by atomic mass is 16.6. The van der Waals surface area contributed by atoms with Gasteiger partial charge < -0.3 is 9.84 Å². The fourth-order valence-electron chi connectivity index (χ4n) is 2.28. The largest absolute Gasteiger partial charge is 0.481 e. The Morgan fingerprint density at radius 3 is 2.00 bits per heavy atom. The predicted molar refractivity (Wildman–Crippen MR) is 95.5 cm³/mol. The first-order valence-electron chi connectivity index (χ1n) is 8.71. The van der Waals surface area contributed by atoms with E-state index in [0.29, 0.717) is 12.2 Å².